The molecule has 0 bridgehead atoms. The Morgan fingerprint density at radius 2 is 1.33 bits per heavy atom. The summed E-state index contributed by atoms with van der Waals surface area (Å²) in [5.74, 6) is -6.31. The number of hydrogen-bond acceptors (Lipinski definition) is 0. The van der Waals surface area contributed by atoms with E-state index in [2.05, 4.69) is 0 Å². The molecule has 0 aliphatic heterocycles. The Morgan fingerprint density at radius 1 is 0.944 bits per heavy atom. The highest BCUT2D eigenvalue weighted by molar-refractivity contribution is 5.02. The molecule has 0 saturated carbocycles. The maximum atomic E-state index is 11.4. The third kappa shape index (κ3) is 11.3. The number of hydrogen-bond donors (Lipinski definition) is 0. The summed E-state index contributed by atoms with van der Waals surface area (Å²) in [7, 11) is 0. The van der Waals surface area contributed by atoms with Crippen LogP contribution in [0.1, 0.15) is 6.92 Å². The fourth-order valence-electron chi connectivity index (χ4n) is 0.411. The van der Waals surface area contributed by atoms with E-state index >= 15 is 0 Å². The molecule has 10 heteroatoms. The largest absolute Gasteiger partial charge is 0.445 e. The molecule has 0 aliphatic carbocycles. The zero-order valence-corrected chi connectivity index (χ0v) is 8.56. The molecule has 0 spiro atoms. The second kappa shape index (κ2) is 7.27. The molecule has 0 aromatic heterocycles. The van der Waals surface area contributed by atoms with Crippen molar-refractivity contribution in [2.24, 2.45) is 0 Å². The van der Waals surface area contributed by atoms with Crippen molar-refractivity contribution in [1.29, 1.82) is 0 Å². The number of alkyl halides is 7. The van der Waals surface area contributed by atoms with Crippen LogP contribution in [-0.4, -0.2) is 19.0 Å². The lowest BCUT2D eigenvalue weighted by molar-refractivity contribution is -0.111. The molecule has 18 heavy (non-hydrogen) atoms. The van der Waals surface area contributed by atoms with E-state index in [0.717, 1.165) is 0 Å². The van der Waals surface area contributed by atoms with Gasteiger partial charge >= 0.3 is 12.4 Å². The first-order valence-corrected chi connectivity index (χ1v) is 3.90. The molecule has 0 fully saturated rings. The highest BCUT2D eigenvalue weighted by Crippen LogP contribution is 2.29. The maximum Gasteiger partial charge on any atom is 0.445 e. The minimum atomic E-state index is -5.18. The lowest BCUT2D eigenvalue weighted by Crippen LogP contribution is -2.08. The molecule has 108 valence electrons. The predicted molar refractivity (Wildman–Crippen MR) is 42.2 cm³/mol. The molecule has 0 rings (SSSR count). The highest BCUT2D eigenvalue weighted by atomic mass is 19.4. The van der Waals surface area contributed by atoms with Crippen LogP contribution >= 0.6 is 0 Å². The predicted octanol–water partition coefficient (Wildman–Crippen LogP) is 5.09. The molecule has 0 radical (unpaired) electrons. The van der Waals surface area contributed by atoms with Gasteiger partial charge in [0, 0.05) is 0 Å². The Kier molecular flexibility index (Phi) is 7.72. The maximum absolute atomic E-state index is 11.4. The molecule has 0 atom stereocenters. The van der Waals surface area contributed by atoms with Crippen LogP contribution in [0.3, 0.4) is 0 Å². The number of rotatable bonds is 1. The van der Waals surface area contributed by atoms with Crippen LogP contribution in [0.15, 0.2) is 23.6 Å². The fraction of sp³-hybridized carbons (Fsp3) is 0.500. The molecule has 0 nitrogen and oxygen atoms in total. The monoisotopic (exact) mass is 292 g/mol. The van der Waals surface area contributed by atoms with Gasteiger partial charge in [0.15, 0.2) is 0 Å². The Morgan fingerprint density at radius 3 is 1.39 bits per heavy atom. The van der Waals surface area contributed by atoms with Gasteiger partial charge in [-0.15, -0.1) is 0 Å². The van der Waals surface area contributed by atoms with Crippen molar-refractivity contribution in [3.05, 3.63) is 23.6 Å². The number of allylic oxidation sites excluding steroid dienone is 4. The van der Waals surface area contributed by atoms with Crippen molar-refractivity contribution in [3.63, 3.8) is 0 Å². The molecule has 0 aromatic rings. The molecule has 0 heterocycles. The standard InChI is InChI=1S/2C4H3F5/c5-2-3(6)1-4(7,8)9;1-2(5)3(6)4(7,8)9/h1H,2H2;1H3/b;3-2-. The van der Waals surface area contributed by atoms with E-state index in [1.807, 2.05) is 0 Å². The molecular formula is C8H6F10. The van der Waals surface area contributed by atoms with Crippen LogP contribution in [0, 0.1) is 0 Å². The lowest BCUT2D eigenvalue weighted by Gasteiger charge is -2.00. The van der Waals surface area contributed by atoms with E-state index in [9.17, 15) is 43.9 Å². The van der Waals surface area contributed by atoms with Crippen LogP contribution in [0.4, 0.5) is 43.9 Å². The van der Waals surface area contributed by atoms with Crippen molar-refractivity contribution in [2.75, 3.05) is 6.67 Å². The van der Waals surface area contributed by atoms with Gasteiger partial charge in [-0.2, -0.15) is 30.7 Å². The van der Waals surface area contributed by atoms with Gasteiger partial charge in [0.1, 0.15) is 18.3 Å². The van der Waals surface area contributed by atoms with Gasteiger partial charge in [0.05, 0.1) is 6.08 Å². The zero-order valence-electron chi connectivity index (χ0n) is 8.56. The summed E-state index contributed by atoms with van der Waals surface area (Å²) >= 11 is 0. The van der Waals surface area contributed by atoms with Gasteiger partial charge in [0.25, 0.3) is 0 Å². The molecule has 0 amide bonds. The minimum Gasteiger partial charge on any atom is -0.243 e. The summed E-state index contributed by atoms with van der Waals surface area (Å²) in [4.78, 5) is 0. The van der Waals surface area contributed by atoms with Gasteiger partial charge in [0.2, 0.25) is 5.83 Å². The summed E-state index contributed by atoms with van der Waals surface area (Å²) in [6, 6.07) is 0. The molecule has 0 aliphatic rings. The second-order valence-corrected chi connectivity index (χ2v) is 2.61. The smallest absolute Gasteiger partial charge is 0.243 e. The number of halogens is 10. The topological polar surface area (TPSA) is 0 Å². The molecule has 0 saturated heterocycles. The second-order valence-electron chi connectivity index (χ2n) is 2.61. The van der Waals surface area contributed by atoms with Gasteiger partial charge < -0.3 is 0 Å². The van der Waals surface area contributed by atoms with E-state index in [1.165, 1.54) is 0 Å². The average molecular weight is 292 g/mol. The van der Waals surface area contributed by atoms with Crippen LogP contribution in [0.25, 0.3) is 0 Å². The Balaban J connectivity index is 0. The lowest BCUT2D eigenvalue weighted by atomic mass is 10.4. The SMILES string of the molecule is C/C(F)=C(/F)C(F)(F)F.FCC(F)=CC(F)(F)F. The zero-order chi connectivity index (χ0) is 15.1. The van der Waals surface area contributed by atoms with Gasteiger partial charge in [-0.05, 0) is 6.92 Å². The van der Waals surface area contributed by atoms with Crippen LogP contribution in [0.5, 0.6) is 0 Å². The van der Waals surface area contributed by atoms with Crippen LogP contribution < -0.4 is 0 Å². The molecule has 0 aromatic carbocycles. The Bertz CT molecular complexity index is 301. The summed E-state index contributed by atoms with van der Waals surface area (Å²) in [6.45, 7) is -1.30. The summed E-state index contributed by atoms with van der Waals surface area (Å²) in [6.07, 6.45) is -10.7. The third-order valence-electron chi connectivity index (χ3n) is 0.999. The highest BCUT2D eigenvalue weighted by Gasteiger charge is 2.36. The van der Waals surface area contributed by atoms with Crippen molar-refractivity contribution in [2.45, 2.75) is 19.3 Å². The summed E-state index contributed by atoms with van der Waals surface area (Å²) in [5, 5.41) is 0. The van der Waals surface area contributed by atoms with E-state index in [-0.39, 0.29) is 0 Å². The van der Waals surface area contributed by atoms with Gasteiger partial charge in [-0.25, -0.2) is 13.2 Å². The first-order valence-electron chi connectivity index (χ1n) is 3.90. The van der Waals surface area contributed by atoms with Gasteiger partial charge in [-0.1, -0.05) is 0 Å². The normalized spacial score (nSPS) is 14.7. The minimum absolute atomic E-state index is 0.406. The van der Waals surface area contributed by atoms with Crippen LogP contribution in [0.2, 0.25) is 0 Å². The Labute approximate surface area is 94.6 Å². The van der Waals surface area contributed by atoms with Crippen molar-refractivity contribution in [1.82, 2.24) is 0 Å². The van der Waals surface area contributed by atoms with Crippen molar-refractivity contribution < 1.29 is 43.9 Å². The van der Waals surface area contributed by atoms with E-state index in [0.29, 0.717) is 6.92 Å². The van der Waals surface area contributed by atoms with E-state index in [4.69, 9.17) is 0 Å². The third-order valence-corrected chi connectivity index (χ3v) is 0.999. The summed E-state index contributed by atoms with van der Waals surface area (Å²) < 4.78 is 111. The van der Waals surface area contributed by atoms with Crippen molar-refractivity contribution >= 4 is 0 Å². The van der Waals surface area contributed by atoms with Gasteiger partial charge in [-0.3, -0.25) is 0 Å². The Hall–Kier alpha value is -1.22. The first kappa shape index (κ1) is 19.1. The van der Waals surface area contributed by atoms with E-state index < -0.39 is 42.6 Å². The quantitative estimate of drug-likeness (QED) is 0.590. The fourth-order valence-corrected chi connectivity index (χ4v) is 0.411. The van der Waals surface area contributed by atoms with E-state index in [1.54, 1.807) is 0 Å². The van der Waals surface area contributed by atoms with Crippen molar-refractivity contribution in [3.8, 4) is 0 Å². The molecular weight excluding hydrogens is 286 g/mol. The average Bonchev–Trinajstić information content (AvgIpc) is 2.13. The molecule has 0 N–H and O–H groups in total. The summed E-state index contributed by atoms with van der Waals surface area (Å²) in [5.41, 5.74) is 0. The van der Waals surface area contributed by atoms with Crippen LogP contribution in [-0.2, 0) is 0 Å². The first-order chi connectivity index (χ1) is 7.81. The molecule has 0 unspecified atom stereocenters.